The molecule has 33 heavy (non-hydrogen) atoms. The van der Waals surface area contributed by atoms with Gasteiger partial charge in [0.05, 0.1) is 27.7 Å². The fourth-order valence-electron chi connectivity index (χ4n) is 4.23. The number of amides is 1. The molecule has 0 saturated carbocycles. The lowest BCUT2D eigenvalue weighted by atomic mass is 10.1. The maximum absolute atomic E-state index is 13.1. The Hall–Kier alpha value is -3.01. The Kier molecular flexibility index (Phi) is 5.77. The van der Waals surface area contributed by atoms with E-state index >= 15 is 0 Å². The van der Waals surface area contributed by atoms with E-state index in [1.165, 1.54) is 6.33 Å². The molecule has 2 atom stereocenters. The molecule has 0 spiro atoms. The summed E-state index contributed by atoms with van der Waals surface area (Å²) in [4.78, 5) is 35.7. The van der Waals surface area contributed by atoms with Gasteiger partial charge in [-0.25, -0.2) is 19.9 Å². The molecule has 4 heterocycles. The molecule has 0 unspecified atom stereocenters. The van der Waals surface area contributed by atoms with Crippen molar-refractivity contribution in [2.75, 3.05) is 18.4 Å². The molecule has 1 fully saturated rings. The Morgan fingerprint density at radius 2 is 2.15 bits per heavy atom. The Bertz CT molecular complexity index is 1360. The molecular formula is C22H22Cl2N8O. The molecule has 1 aliphatic heterocycles. The highest BCUT2D eigenvalue weighted by atomic mass is 35.5. The number of benzene rings is 1. The summed E-state index contributed by atoms with van der Waals surface area (Å²) in [5.74, 6) is 1.15. The van der Waals surface area contributed by atoms with Gasteiger partial charge in [0.25, 0.3) is 5.91 Å². The van der Waals surface area contributed by atoms with Gasteiger partial charge in [0, 0.05) is 24.5 Å². The quantitative estimate of drug-likeness (QED) is 0.366. The number of hydrogen-bond donors (Lipinski definition) is 3. The number of anilines is 1. The number of nitrogens with zero attached hydrogens (tertiary/aromatic N) is 5. The number of nitrogens with two attached hydrogens (primary N) is 1. The lowest BCUT2D eigenvalue weighted by Crippen LogP contribution is -2.40. The Morgan fingerprint density at radius 1 is 1.30 bits per heavy atom. The van der Waals surface area contributed by atoms with Crippen molar-refractivity contribution in [1.29, 1.82) is 0 Å². The van der Waals surface area contributed by atoms with Gasteiger partial charge in [0.1, 0.15) is 23.1 Å². The predicted octanol–water partition coefficient (Wildman–Crippen LogP) is 3.94. The summed E-state index contributed by atoms with van der Waals surface area (Å²) in [6.07, 6.45) is 3.31. The second kappa shape index (κ2) is 8.74. The number of hydrogen-bond acceptors (Lipinski definition) is 7. The summed E-state index contributed by atoms with van der Waals surface area (Å²) in [5.41, 5.74) is 8.21. The number of halogens is 2. The third-order valence-electron chi connectivity index (χ3n) is 5.96. The molecular weight excluding hydrogens is 463 g/mol. The molecule has 5 rings (SSSR count). The third kappa shape index (κ3) is 4.07. The number of pyridine rings is 1. The van der Waals surface area contributed by atoms with Crippen molar-refractivity contribution in [3.05, 3.63) is 52.2 Å². The predicted molar refractivity (Wildman–Crippen MR) is 129 cm³/mol. The van der Waals surface area contributed by atoms with Crippen LogP contribution in [0, 0.1) is 0 Å². The van der Waals surface area contributed by atoms with E-state index in [0.29, 0.717) is 57.0 Å². The number of fused-ring (bicyclic) bond motifs is 2. The zero-order valence-corrected chi connectivity index (χ0v) is 19.4. The van der Waals surface area contributed by atoms with Gasteiger partial charge in [0.15, 0.2) is 5.65 Å². The van der Waals surface area contributed by atoms with Crippen molar-refractivity contribution in [1.82, 2.24) is 29.8 Å². The van der Waals surface area contributed by atoms with Gasteiger partial charge < -0.3 is 20.9 Å². The van der Waals surface area contributed by atoms with E-state index in [1.54, 1.807) is 23.1 Å². The summed E-state index contributed by atoms with van der Waals surface area (Å²) in [5, 5.41) is 4.79. The minimum Gasteiger partial charge on any atom is -0.360 e. The average Bonchev–Trinajstić information content (AvgIpc) is 3.45. The lowest BCUT2D eigenvalue weighted by Gasteiger charge is -2.24. The smallest absolute Gasteiger partial charge is 0.255 e. The molecule has 4 N–H and O–H groups in total. The molecule has 1 aliphatic rings. The number of carbonyl (C=O) groups is 1. The van der Waals surface area contributed by atoms with E-state index in [-0.39, 0.29) is 18.0 Å². The van der Waals surface area contributed by atoms with Crippen LogP contribution in [0.25, 0.3) is 22.1 Å². The Morgan fingerprint density at radius 3 is 2.97 bits per heavy atom. The number of imidazole rings is 1. The zero-order valence-electron chi connectivity index (χ0n) is 17.8. The van der Waals surface area contributed by atoms with Gasteiger partial charge in [-0.2, -0.15) is 0 Å². The molecule has 0 aliphatic carbocycles. The summed E-state index contributed by atoms with van der Waals surface area (Å²) in [7, 11) is 0. The highest BCUT2D eigenvalue weighted by molar-refractivity contribution is 6.35. The van der Waals surface area contributed by atoms with Crippen molar-refractivity contribution in [2.45, 2.75) is 31.8 Å². The van der Waals surface area contributed by atoms with Gasteiger partial charge >= 0.3 is 0 Å². The van der Waals surface area contributed by atoms with Crippen LogP contribution in [0.1, 0.15) is 42.0 Å². The number of nitrogens with one attached hydrogen (secondary N) is 2. The fourth-order valence-corrected chi connectivity index (χ4v) is 4.61. The van der Waals surface area contributed by atoms with Crippen molar-refractivity contribution < 1.29 is 4.79 Å². The van der Waals surface area contributed by atoms with Gasteiger partial charge in [0.2, 0.25) is 0 Å². The SMILES string of the molecule is C[C@H](Nc1ncnc2cc(C(=O)N3CCC[C@H]3CN)c(Cl)cc12)c1nc2nc(Cl)ccc2[nH]1. The first kappa shape index (κ1) is 21.8. The molecule has 11 heteroatoms. The van der Waals surface area contributed by atoms with E-state index < -0.39 is 0 Å². The maximum atomic E-state index is 13.1. The van der Waals surface area contributed by atoms with Crippen molar-refractivity contribution in [3.63, 3.8) is 0 Å². The number of rotatable bonds is 5. The topological polar surface area (TPSA) is 126 Å². The normalized spacial score (nSPS) is 17.1. The summed E-state index contributed by atoms with van der Waals surface area (Å²) in [6, 6.07) is 6.82. The second-order valence-electron chi connectivity index (χ2n) is 8.09. The fraction of sp³-hybridized carbons (Fsp3) is 0.318. The van der Waals surface area contributed by atoms with E-state index in [4.69, 9.17) is 28.9 Å². The minimum atomic E-state index is -0.217. The zero-order chi connectivity index (χ0) is 23.1. The molecule has 0 bridgehead atoms. The molecule has 9 nitrogen and oxygen atoms in total. The number of likely N-dealkylation sites (tertiary alicyclic amines) is 1. The number of aromatic amines is 1. The van der Waals surface area contributed by atoms with E-state index in [1.807, 2.05) is 13.0 Å². The molecule has 1 saturated heterocycles. The number of aromatic nitrogens is 5. The number of carbonyl (C=O) groups excluding carboxylic acids is 1. The summed E-state index contributed by atoms with van der Waals surface area (Å²) in [6.45, 7) is 3.07. The minimum absolute atomic E-state index is 0.0425. The van der Waals surface area contributed by atoms with Crippen molar-refractivity contribution in [3.8, 4) is 0 Å². The average molecular weight is 485 g/mol. The third-order valence-corrected chi connectivity index (χ3v) is 6.48. The van der Waals surface area contributed by atoms with Crippen LogP contribution in [-0.2, 0) is 0 Å². The molecule has 3 aromatic heterocycles. The lowest BCUT2D eigenvalue weighted by molar-refractivity contribution is 0.0741. The van der Waals surface area contributed by atoms with E-state index in [9.17, 15) is 4.79 Å². The Labute approximate surface area is 199 Å². The van der Waals surface area contributed by atoms with E-state index in [0.717, 1.165) is 18.4 Å². The first-order valence-electron chi connectivity index (χ1n) is 10.7. The second-order valence-corrected chi connectivity index (χ2v) is 8.89. The van der Waals surface area contributed by atoms with Crippen LogP contribution in [-0.4, -0.2) is 54.9 Å². The van der Waals surface area contributed by atoms with Crippen molar-refractivity contribution in [2.24, 2.45) is 5.73 Å². The number of H-pyrrole nitrogens is 1. The van der Waals surface area contributed by atoms with Crippen LogP contribution in [0.5, 0.6) is 0 Å². The highest BCUT2D eigenvalue weighted by Gasteiger charge is 2.30. The highest BCUT2D eigenvalue weighted by Crippen LogP contribution is 2.31. The van der Waals surface area contributed by atoms with E-state index in [2.05, 4.69) is 30.2 Å². The Balaban J connectivity index is 1.45. The summed E-state index contributed by atoms with van der Waals surface area (Å²) < 4.78 is 0. The molecule has 170 valence electrons. The summed E-state index contributed by atoms with van der Waals surface area (Å²) >= 11 is 12.5. The van der Waals surface area contributed by atoms with Crippen molar-refractivity contribution >= 4 is 57.0 Å². The van der Waals surface area contributed by atoms with Crippen LogP contribution < -0.4 is 11.1 Å². The largest absolute Gasteiger partial charge is 0.360 e. The van der Waals surface area contributed by atoms with Crippen LogP contribution >= 0.6 is 23.2 Å². The molecule has 0 radical (unpaired) electrons. The first-order valence-corrected chi connectivity index (χ1v) is 11.4. The first-order chi connectivity index (χ1) is 15.9. The standard InChI is InChI=1S/C22H22Cl2N8O/c1-11(19-29-16-4-5-18(24)30-21(16)31-19)28-20-14-7-15(23)13(8-17(14)26-10-27-20)22(33)32-6-2-3-12(32)9-25/h4-5,7-8,10-12H,2-3,6,9,25H2,1H3,(H,26,27,28)(H,29,30,31)/t11-,12-/m0/s1. The van der Waals surface area contributed by atoms with Gasteiger partial charge in [-0.1, -0.05) is 23.2 Å². The van der Waals surface area contributed by atoms with Crippen LogP contribution in [0.4, 0.5) is 5.82 Å². The molecule has 4 aromatic rings. The van der Waals surface area contributed by atoms with Crippen LogP contribution in [0.3, 0.4) is 0 Å². The van der Waals surface area contributed by atoms with Gasteiger partial charge in [-0.05, 0) is 44.0 Å². The van der Waals surface area contributed by atoms with Crippen LogP contribution in [0.2, 0.25) is 10.2 Å². The van der Waals surface area contributed by atoms with Gasteiger partial charge in [-0.15, -0.1) is 0 Å². The van der Waals surface area contributed by atoms with Gasteiger partial charge in [-0.3, -0.25) is 4.79 Å². The van der Waals surface area contributed by atoms with Crippen LogP contribution in [0.15, 0.2) is 30.6 Å². The maximum Gasteiger partial charge on any atom is 0.255 e. The molecule has 1 aromatic carbocycles. The monoisotopic (exact) mass is 484 g/mol. The molecule has 1 amide bonds.